The molecule has 2 aliphatic carbocycles. The van der Waals surface area contributed by atoms with Gasteiger partial charge < -0.3 is 0 Å². The molecule has 6 heteroatoms. The Bertz CT molecular complexity index is 442. The molecule has 2 fully saturated rings. The third-order valence-corrected chi connectivity index (χ3v) is 5.54. The Kier molecular flexibility index (Phi) is 2.35. The minimum atomic E-state index is -4.16. The van der Waals surface area contributed by atoms with Crippen LogP contribution in [-0.2, 0) is 14.9 Å². The summed E-state index contributed by atoms with van der Waals surface area (Å²) < 4.78 is 31.2. The van der Waals surface area contributed by atoms with E-state index in [-0.39, 0.29) is 11.7 Å². The summed E-state index contributed by atoms with van der Waals surface area (Å²) in [6, 6.07) is 0. The molecule has 88 valence electrons. The topological polar surface area (TPSA) is 71.4 Å². The second kappa shape index (κ2) is 3.10. The van der Waals surface area contributed by atoms with Crippen molar-refractivity contribution in [3.05, 3.63) is 0 Å². The molecular formula is C10H15BO4S. The average Bonchev–Trinajstić information content (AvgIpc) is 2.39. The van der Waals surface area contributed by atoms with E-state index < -0.39 is 32.5 Å². The van der Waals surface area contributed by atoms with E-state index in [2.05, 4.69) is 0 Å². The lowest BCUT2D eigenvalue weighted by molar-refractivity contribution is -0.128. The van der Waals surface area contributed by atoms with Crippen molar-refractivity contribution >= 4 is 23.7 Å². The average molecular weight is 242 g/mol. The van der Waals surface area contributed by atoms with E-state index in [9.17, 15) is 13.2 Å². The summed E-state index contributed by atoms with van der Waals surface area (Å²) in [5.41, 5.74) is -1.43. The van der Waals surface area contributed by atoms with E-state index in [1.165, 1.54) is 0 Å². The lowest BCUT2D eigenvalue weighted by Gasteiger charge is -2.35. The molecular weight excluding hydrogens is 227 g/mol. The zero-order valence-electron chi connectivity index (χ0n) is 9.43. The van der Waals surface area contributed by atoms with Crippen LogP contribution < -0.4 is 0 Å². The molecule has 4 nitrogen and oxygen atoms in total. The molecule has 0 aliphatic heterocycles. The highest BCUT2D eigenvalue weighted by Gasteiger charge is 2.67. The molecule has 0 aromatic carbocycles. The number of fused-ring (bicyclic) bond motifs is 2. The highest BCUT2D eigenvalue weighted by molar-refractivity contribution is 7.85. The molecule has 2 rings (SSSR count). The first kappa shape index (κ1) is 12.1. The van der Waals surface area contributed by atoms with Crippen molar-refractivity contribution in [1.29, 1.82) is 0 Å². The van der Waals surface area contributed by atoms with Gasteiger partial charge in [-0.2, -0.15) is 8.42 Å². The maximum absolute atomic E-state index is 12.1. The van der Waals surface area contributed by atoms with Crippen LogP contribution in [0.1, 0.15) is 26.7 Å². The monoisotopic (exact) mass is 242 g/mol. The SMILES string of the molecule is [B][C@@H]1C(=O)[C@]2(CS(=O)(=O)O)CC[C@H]1C2(C)C. The summed E-state index contributed by atoms with van der Waals surface area (Å²) in [5.74, 6) is -1.24. The van der Waals surface area contributed by atoms with Crippen LogP contribution in [0.3, 0.4) is 0 Å². The van der Waals surface area contributed by atoms with Gasteiger partial charge in [0.15, 0.2) is 0 Å². The molecule has 0 heterocycles. The Morgan fingerprint density at radius 3 is 2.44 bits per heavy atom. The molecule has 3 atom stereocenters. The molecule has 0 saturated heterocycles. The van der Waals surface area contributed by atoms with Crippen LogP contribution in [0.4, 0.5) is 0 Å². The Labute approximate surface area is 97.0 Å². The second-order valence-corrected chi connectivity index (χ2v) is 7.02. The van der Waals surface area contributed by atoms with Gasteiger partial charge in [-0.15, -0.1) is 0 Å². The minimum Gasteiger partial charge on any atom is -0.300 e. The normalized spacial score (nSPS) is 41.6. The van der Waals surface area contributed by atoms with Crippen molar-refractivity contribution in [3.8, 4) is 0 Å². The van der Waals surface area contributed by atoms with Gasteiger partial charge in [0.05, 0.1) is 19.0 Å². The number of Topliss-reactive ketones (excluding diaryl/α,β-unsaturated/α-hetero) is 1. The van der Waals surface area contributed by atoms with E-state index in [4.69, 9.17) is 12.4 Å². The summed E-state index contributed by atoms with van der Waals surface area (Å²) in [7, 11) is 1.66. The number of hydrogen-bond acceptors (Lipinski definition) is 3. The van der Waals surface area contributed by atoms with Gasteiger partial charge in [-0.1, -0.05) is 13.8 Å². The zero-order chi connectivity index (χ0) is 12.4. The summed E-state index contributed by atoms with van der Waals surface area (Å²) in [5, 5.41) is 0. The van der Waals surface area contributed by atoms with Gasteiger partial charge in [0.25, 0.3) is 10.1 Å². The highest BCUT2D eigenvalue weighted by Crippen LogP contribution is 2.67. The molecule has 16 heavy (non-hydrogen) atoms. The lowest BCUT2D eigenvalue weighted by atomic mass is 9.70. The van der Waals surface area contributed by atoms with Crippen LogP contribution in [0.2, 0.25) is 5.82 Å². The van der Waals surface area contributed by atoms with E-state index >= 15 is 0 Å². The fourth-order valence-corrected chi connectivity index (χ4v) is 4.93. The zero-order valence-corrected chi connectivity index (χ0v) is 10.3. The van der Waals surface area contributed by atoms with Crippen molar-refractivity contribution in [2.75, 3.05) is 5.75 Å². The summed E-state index contributed by atoms with van der Waals surface area (Å²) in [6.07, 6.45) is 1.27. The Hall–Kier alpha value is -0.355. The van der Waals surface area contributed by atoms with Gasteiger partial charge in [-0.25, -0.2) is 0 Å². The molecule has 1 N–H and O–H groups in total. The van der Waals surface area contributed by atoms with E-state index in [1.54, 1.807) is 0 Å². The number of hydrogen-bond donors (Lipinski definition) is 1. The van der Waals surface area contributed by atoms with Crippen LogP contribution in [0, 0.1) is 16.7 Å². The third-order valence-electron chi connectivity index (χ3n) is 4.68. The molecule has 2 bridgehead atoms. The fraction of sp³-hybridized carbons (Fsp3) is 0.900. The van der Waals surface area contributed by atoms with Crippen molar-refractivity contribution in [2.45, 2.75) is 32.5 Å². The minimum absolute atomic E-state index is 0.0294. The van der Waals surface area contributed by atoms with Crippen LogP contribution in [0.25, 0.3) is 0 Å². The predicted octanol–water partition coefficient (Wildman–Crippen LogP) is 0.837. The number of ketones is 1. The van der Waals surface area contributed by atoms with Crippen molar-refractivity contribution in [1.82, 2.24) is 0 Å². The molecule has 2 aliphatic rings. The van der Waals surface area contributed by atoms with Gasteiger partial charge >= 0.3 is 0 Å². The van der Waals surface area contributed by atoms with Crippen molar-refractivity contribution in [2.24, 2.45) is 16.7 Å². The maximum Gasteiger partial charge on any atom is 0.265 e. The van der Waals surface area contributed by atoms with E-state index in [0.717, 1.165) is 6.42 Å². The predicted molar refractivity (Wildman–Crippen MR) is 59.9 cm³/mol. The number of rotatable bonds is 2. The van der Waals surface area contributed by atoms with E-state index in [0.29, 0.717) is 6.42 Å². The van der Waals surface area contributed by atoms with Gasteiger partial charge in [0.1, 0.15) is 5.78 Å². The van der Waals surface area contributed by atoms with Crippen molar-refractivity contribution < 1.29 is 17.8 Å². The standard InChI is InChI=1S/C10H15BO4S/c1-9(2)6-3-4-10(9,5-16(13,14)15)8(12)7(6)11/h6-7H,3-5H2,1-2H3,(H,13,14,15)/t6-,7+,10-/m1/s1. The summed E-state index contributed by atoms with van der Waals surface area (Å²) >= 11 is 0. The number of carbonyl (C=O) groups is 1. The van der Waals surface area contributed by atoms with Gasteiger partial charge in [0.2, 0.25) is 0 Å². The van der Waals surface area contributed by atoms with Gasteiger partial charge in [-0.05, 0) is 30.0 Å². The van der Waals surface area contributed by atoms with Gasteiger partial charge in [-0.3, -0.25) is 9.35 Å². The van der Waals surface area contributed by atoms with Crippen molar-refractivity contribution in [3.63, 3.8) is 0 Å². The first-order valence-electron chi connectivity index (χ1n) is 5.37. The molecule has 2 saturated carbocycles. The first-order chi connectivity index (χ1) is 7.12. The molecule has 0 amide bonds. The molecule has 0 spiro atoms. The summed E-state index contributed by atoms with van der Waals surface area (Å²) in [4.78, 5) is 12.1. The third kappa shape index (κ3) is 1.32. The largest absolute Gasteiger partial charge is 0.300 e. The van der Waals surface area contributed by atoms with Crippen LogP contribution in [0.15, 0.2) is 0 Å². The smallest absolute Gasteiger partial charge is 0.265 e. The Morgan fingerprint density at radius 1 is 1.50 bits per heavy atom. The fourth-order valence-electron chi connectivity index (χ4n) is 3.65. The van der Waals surface area contributed by atoms with Gasteiger partial charge in [0, 0.05) is 0 Å². The van der Waals surface area contributed by atoms with Crippen LogP contribution in [-0.4, -0.2) is 32.4 Å². The first-order valence-corrected chi connectivity index (χ1v) is 6.98. The highest BCUT2D eigenvalue weighted by atomic mass is 32.2. The molecule has 0 aromatic rings. The molecule has 0 aromatic heterocycles. The Balaban J connectivity index is 2.50. The molecule has 2 radical (unpaired) electrons. The van der Waals surface area contributed by atoms with Crippen LogP contribution in [0.5, 0.6) is 0 Å². The summed E-state index contributed by atoms with van der Waals surface area (Å²) in [6.45, 7) is 3.75. The second-order valence-electron chi connectivity index (χ2n) is 5.57. The number of carbonyl (C=O) groups excluding carboxylic acids is 1. The maximum atomic E-state index is 12.1. The van der Waals surface area contributed by atoms with E-state index in [1.807, 2.05) is 13.8 Å². The van der Waals surface area contributed by atoms with Crippen LogP contribution >= 0.6 is 0 Å². The quantitative estimate of drug-likeness (QED) is 0.575. The Morgan fingerprint density at radius 2 is 2.06 bits per heavy atom. The molecule has 0 unspecified atom stereocenters. The lowest BCUT2D eigenvalue weighted by Crippen LogP contribution is -2.42.